The van der Waals surface area contributed by atoms with Gasteiger partial charge in [-0.15, -0.1) is 0 Å². The zero-order valence-electron chi connectivity index (χ0n) is 9.24. The number of aromatic nitrogens is 1. The summed E-state index contributed by atoms with van der Waals surface area (Å²) in [7, 11) is 0. The fourth-order valence-corrected chi connectivity index (χ4v) is 2.08. The summed E-state index contributed by atoms with van der Waals surface area (Å²) in [5, 5.41) is 11.7. The fraction of sp³-hybridized carbons (Fsp3) is 0.417. The van der Waals surface area contributed by atoms with Crippen LogP contribution >= 0.6 is 0 Å². The van der Waals surface area contributed by atoms with Crippen molar-refractivity contribution in [3.8, 4) is 6.07 Å². The molecule has 0 aromatic carbocycles. The average Bonchev–Trinajstić information content (AvgIpc) is 2.79. The van der Waals surface area contributed by atoms with E-state index in [1.807, 2.05) is 0 Å². The molecule has 1 fully saturated rings. The molecule has 0 unspecified atom stereocenters. The van der Waals surface area contributed by atoms with Crippen LogP contribution < -0.4 is 5.32 Å². The Hall–Kier alpha value is -1.96. The number of rotatable bonds is 2. The first-order valence-electron chi connectivity index (χ1n) is 5.51. The van der Waals surface area contributed by atoms with Crippen molar-refractivity contribution in [2.24, 2.45) is 0 Å². The summed E-state index contributed by atoms with van der Waals surface area (Å²) < 4.78 is 13.3. The molecule has 5 heteroatoms. The molecule has 1 saturated carbocycles. The van der Waals surface area contributed by atoms with Crippen molar-refractivity contribution >= 4 is 5.91 Å². The van der Waals surface area contributed by atoms with Gasteiger partial charge in [0, 0.05) is 6.20 Å². The molecule has 1 amide bonds. The van der Waals surface area contributed by atoms with Gasteiger partial charge in [-0.2, -0.15) is 9.65 Å². The summed E-state index contributed by atoms with van der Waals surface area (Å²) in [5.41, 5.74) is -0.951. The number of nitrogens with one attached hydrogen (secondary N) is 1. The highest BCUT2D eigenvalue weighted by Crippen LogP contribution is 2.29. The first-order valence-corrected chi connectivity index (χ1v) is 5.51. The van der Waals surface area contributed by atoms with Crippen LogP contribution in [0.15, 0.2) is 18.3 Å². The summed E-state index contributed by atoms with van der Waals surface area (Å²) in [4.78, 5) is 15.3. The van der Waals surface area contributed by atoms with E-state index in [1.54, 1.807) is 0 Å². The maximum Gasteiger partial charge on any atom is 0.257 e. The molecule has 1 aliphatic carbocycles. The molecule has 0 radical (unpaired) electrons. The van der Waals surface area contributed by atoms with Gasteiger partial charge >= 0.3 is 0 Å². The summed E-state index contributed by atoms with van der Waals surface area (Å²) in [6.07, 6.45) is 4.34. The summed E-state index contributed by atoms with van der Waals surface area (Å²) >= 11 is 0. The van der Waals surface area contributed by atoms with E-state index in [1.165, 1.54) is 18.3 Å². The highest BCUT2D eigenvalue weighted by molar-refractivity contribution is 5.94. The lowest BCUT2D eigenvalue weighted by Gasteiger charge is -2.21. The number of halogens is 1. The van der Waals surface area contributed by atoms with Gasteiger partial charge in [0.25, 0.3) is 5.91 Å². The Morgan fingerprint density at radius 3 is 2.82 bits per heavy atom. The molecule has 0 spiro atoms. The Kier molecular flexibility index (Phi) is 3.05. The molecule has 1 N–H and O–H groups in total. The van der Waals surface area contributed by atoms with E-state index in [9.17, 15) is 9.18 Å². The zero-order chi connectivity index (χ0) is 12.3. The molecular weight excluding hydrogens is 221 g/mol. The van der Waals surface area contributed by atoms with Gasteiger partial charge in [0.1, 0.15) is 5.54 Å². The summed E-state index contributed by atoms with van der Waals surface area (Å²) in [6.45, 7) is 0. The van der Waals surface area contributed by atoms with Crippen LogP contribution in [0.2, 0.25) is 0 Å². The van der Waals surface area contributed by atoms with Crippen LogP contribution in [0.5, 0.6) is 0 Å². The van der Waals surface area contributed by atoms with Crippen molar-refractivity contribution in [2.45, 2.75) is 31.2 Å². The molecular formula is C12H12FN3O. The highest BCUT2D eigenvalue weighted by atomic mass is 19.1. The minimum Gasteiger partial charge on any atom is -0.334 e. The third-order valence-corrected chi connectivity index (χ3v) is 3.03. The van der Waals surface area contributed by atoms with Crippen molar-refractivity contribution in [2.75, 3.05) is 0 Å². The molecule has 1 aliphatic rings. The van der Waals surface area contributed by atoms with Crippen molar-refractivity contribution in [1.29, 1.82) is 5.26 Å². The molecule has 1 heterocycles. The molecule has 2 rings (SSSR count). The number of nitriles is 1. The van der Waals surface area contributed by atoms with Gasteiger partial charge in [0.15, 0.2) is 0 Å². The molecule has 1 aromatic rings. The van der Waals surface area contributed by atoms with Gasteiger partial charge in [-0.25, -0.2) is 4.98 Å². The van der Waals surface area contributed by atoms with Gasteiger partial charge < -0.3 is 5.32 Å². The van der Waals surface area contributed by atoms with E-state index in [0.29, 0.717) is 12.8 Å². The molecule has 0 atom stereocenters. The fourth-order valence-electron chi connectivity index (χ4n) is 2.08. The van der Waals surface area contributed by atoms with Crippen LogP contribution in [0.25, 0.3) is 0 Å². The Balaban J connectivity index is 2.17. The van der Waals surface area contributed by atoms with Crippen LogP contribution in [0.1, 0.15) is 36.0 Å². The van der Waals surface area contributed by atoms with Gasteiger partial charge in [-0.3, -0.25) is 4.79 Å². The van der Waals surface area contributed by atoms with E-state index in [4.69, 9.17) is 5.26 Å². The molecule has 17 heavy (non-hydrogen) atoms. The van der Waals surface area contributed by atoms with E-state index in [-0.39, 0.29) is 5.56 Å². The van der Waals surface area contributed by atoms with E-state index >= 15 is 0 Å². The first-order chi connectivity index (χ1) is 8.17. The second-order valence-corrected chi connectivity index (χ2v) is 4.20. The highest BCUT2D eigenvalue weighted by Gasteiger charge is 2.36. The Morgan fingerprint density at radius 1 is 1.53 bits per heavy atom. The molecule has 0 saturated heterocycles. The SMILES string of the molecule is N#CC1(NC(=O)c2cccnc2F)CCCC1. The number of carbonyl (C=O) groups is 1. The third-order valence-electron chi connectivity index (χ3n) is 3.03. The Morgan fingerprint density at radius 2 is 2.24 bits per heavy atom. The lowest BCUT2D eigenvalue weighted by molar-refractivity contribution is 0.0915. The minimum atomic E-state index is -0.834. The van der Waals surface area contributed by atoms with Crippen molar-refractivity contribution in [3.05, 3.63) is 29.8 Å². The van der Waals surface area contributed by atoms with Gasteiger partial charge in [0.2, 0.25) is 5.95 Å². The third kappa shape index (κ3) is 2.26. The predicted molar refractivity (Wildman–Crippen MR) is 58.5 cm³/mol. The van der Waals surface area contributed by atoms with E-state index in [2.05, 4.69) is 16.4 Å². The van der Waals surface area contributed by atoms with E-state index < -0.39 is 17.4 Å². The lowest BCUT2D eigenvalue weighted by Crippen LogP contribution is -2.45. The van der Waals surface area contributed by atoms with Crippen LogP contribution in [-0.4, -0.2) is 16.4 Å². The number of carbonyl (C=O) groups excluding carboxylic acids is 1. The van der Waals surface area contributed by atoms with Crippen LogP contribution in [-0.2, 0) is 0 Å². The predicted octanol–water partition coefficient (Wildman–Crippen LogP) is 1.79. The van der Waals surface area contributed by atoms with Gasteiger partial charge in [0.05, 0.1) is 11.6 Å². The second-order valence-electron chi connectivity index (χ2n) is 4.20. The largest absolute Gasteiger partial charge is 0.334 e. The zero-order valence-corrected chi connectivity index (χ0v) is 9.24. The van der Waals surface area contributed by atoms with Crippen molar-refractivity contribution < 1.29 is 9.18 Å². The summed E-state index contributed by atoms with van der Waals surface area (Å²) in [6, 6.07) is 4.97. The first kappa shape index (κ1) is 11.5. The van der Waals surface area contributed by atoms with Gasteiger partial charge in [-0.05, 0) is 37.8 Å². The van der Waals surface area contributed by atoms with E-state index in [0.717, 1.165) is 12.8 Å². The molecule has 1 aromatic heterocycles. The average molecular weight is 233 g/mol. The molecule has 0 aliphatic heterocycles. The monoisotopic (exact) mass is 233 g/mol. The number of amides is 1. The Bertz CT molecular complexity index is 475. The normalized spacial score (nSPS) is 17.4. The number of hydrogen-bond acceptors (Lipinski definition) is 3. The van der Waals surface area contributed by atoms with Crippen LogP contribution in [0.3, 0.4) is 0 Å². The van der Waals surface area contributed by atoms with Crippen LogP contribution in [0.4, 0.5) is 4.39 Å². The van der Waals surface area contributed by atoms with Gasteiger partial charge in [-0.1, -0.05) is 0 Å². The quantitative estimate of drug-likeness (QED) is 0.792. The Labute approximate surface area is 98.5 Å². The maximum absolute atomic E-state index is 13.3. The minimum absolute atomic E-state index is 0.117. The number of nitrogens with zero attached hydrogens (tertiary/aromatic N) is 2. The number of pyridine rings is 1. The molecule has 0 bridgehead atoms. The van der Waals surface area contributed by atoms with Crippen LogP contribution in [0, 0.1) is 17.3 Å². The topological polar surface area (TPSA) is 65.8 Å². The lowest BCUT2D eigenvalue weighted by atomic mass is 9.99. The summed E-state index contributed by atoms with van der Waals surface area (Å²) in [5.74, 6) is -1.38. The smallest absolute Gasteiger partial charge is 0.257 e. The second kappa shape index (κ2) is 4.50. The molecule has 88 valence electrons. The standard InChI is InChI=1S/C12H12FN3O/c13-10-9(4-3-7-15-10)11(17)16-12(8-14)5-1-2-6-12/h3-4,7H,1-2,5-6H2,(H,16,17). The maximum atomic E-state index is 13.3. The molecule has 4 nitrogen and oxygen atoms in total. The van der Waals surface area contributed by atoms with Crippen molar-refractivity contribution in [3.63, 3.8) is 0 Å². The number of hydrogen-bond donors (Lipinski definition) is 1. The van der Waals surface area contributed by atoms with Crippen molar-refractivity contribution in [1.82, 2.24) is 10.3 Å².